The van der Waals surface area contributed by atoms with Crippen molar-refractivity contribution < 1.29 is 0 Å². The first kappa shape index (κ1) is 14.6. The van der Waals surface area contributed by atoms with Gasteiger partial charge in [0.25, 0.3) is 0 Å². The second-order valence-electron chi connectivity index (χ2n) is 3.35. The van der Waals surface area contributed by atoms with Crippen molar-refractivity contribution in [2.75, 3.05) is 0 Å². The molecule has 0 radical (unpaired) electrons. The molecule has 0 atom stereocenters. The summed E-state index contributed by atoms with van der Waals surface area (Å²) in [6, 6.07) is 9.79. The fraction of sp³-hybridized carbons (Fsp3) is 0. The minimum Gasteiger partial charge on any atom is -0.396 e. The first-order chi connectivity index (χ1) is 9.03. The zero-order valence-corrected chi connectivity index (χ0v) is 11.0. The van der Waals surface area contributed by atoms with Crippen molar-refractivity contribution in [3.63, 3.8) is 0 Å². The second-order valence-corrected chi connectivity index (χ2v) is 4.19. The highest BCUT2D eigenvalue weighted by Crippen LogP contribution is 2.24. The van der Waals surface area contributed by atoms with E-state index < -0.39 is 0 Å². The number of hydrogen-bond donors (Lipinski definition) is 1. The standard InChI is InChI=1S/C13H6Cl2N4/c14-11-2-1-8(12(15)4-11)3-9(5-16)13(19)10(6-17)7-18/h1-4H,19H2/b9-3+. The van der Waals surface area contributed by atoms with Gasteiger partial charge < -0.3 is 5.73 Å². The van der Waals surface area contributed by atoms with Crippen LogP contribution in [0.4, 0.5) is 0 Å². The van der Waals surface area contributed by atoms with E-state index in [2.05, 4.69) is 0 Å². The molecule has 0 bridgehead atoms. The molecule has 0 spiro atoms. The van der Waals surface area contributed by atoms with Gasteiger partial charge in [-0.1, -0.05) is 29.3 Å². The number of benzene rings is 1. The largest absolute Gasteiger partial charge is 0.396 e. The van der Waals surface area contributed by atoms with Crippen LogP contribution in [0.3, 0.4) is 0 Å². The van der Waals surface area contributed by atoms with Crippen molar-refractivity contribution in [2.24, 2.45) is 5.73 Å². The van der Waals surface area contributed by atoms with Crippen LogP contribution in [0.2, 0.25) is 10.0 Å². The molecule has 0 aliphatic carbocycles. The molecular weight excluding hydrogens is 283 g/mol. The number of nitriles is 3. The van der Waals surface area contributed by atoms with Crippen molar-refractivity contribution in [1.29, 1.82) is 15.8 Å². The summed E-state index contributed by atoms with van der Waals surface area (Å²) in [7, 11) is 0. The Balaban J connectivity index is 3.38. The van der Waals surface area contributed by atoms with Gasteiger partial charge in [-0.25, -0.2) is 0 Å². The lowest BCUT2D eigenvalue weighted by molar-refractivity contribution is 1.31. The Hall–Kier alpha value is -2.45. The van der Waals surface area contributed by atoms with E-state index in [1.807, 2.05) is 6.07 Å². The van der Waals surface area contributed by atoms with Crippen molar-refractivity contribution in [1.82, 2.24) is 0 Å². The third kappa shape index (κ3) is 3.50. The average molecular weight is 289 g/mol. The molecule has 0 saturated heterocycles. The maximum atomic E-state index is 9.02. The van der Waals surface area contributed by atoms with Crippen LogP contribution in [0.1, 0.15) is 5.56 Å². The van der Waals surface area contributed by atoms with Crippen LogP contribution in [0.15, 0.2) is 35.0 Å². The summed E-state index contributed by atoms with van der Waals surface area (Å²) in [5.41, 5.74) is 5.60. The molecule has 0 fully saturated rings. The number of nitrogens with two attached hydrogens (primary N) is 1. The first-order valence-corrected chi connectivity index (χ1v) is 5.66. The van der Waals surface area contributed by atoms with Gasteiger partial charge in [-0.3, -0.25) is 0 Å². The highest BCUT2D eigenvalue weighted by atomic mass is 35.5. The average Bonchev–Trinajstić information content (AvgIpc) is 2.39. The predicted octanol–water partition coefficient (Wildman–Crippen LogP) is 3.16. The Morgan fingerprint density at radius 2 is 1.74 bits per heavy atom. The maximum absolute atomic E-state index is 9.02. The van der Waals surface area contributed by atoms with Crippen LogP contribution in [0.25, 0.3) is 6.08 Å². The quantitative estimate of drug-likeness (QED) is 0.667. The monoisotopic (exact) mass is 288 g/mol. The van der Waals surface area contributed by atoms with E-state index >= 15 is 0 Å². The molecule has 0 aromatic heterocycles. The number of halogens is 2. The van der Waals surface area contributed by atoms with Crippen LogP contribution in [0.5, 0.6) is 0 Å². The summed E-state index contributed by atoms with van der Waals surface area (Å²) in [6.45, 7) is 0. The summed E-state index contributed by atoms with van der Waals surface area (Å²) in [6.07, 6.45) is 1.39. The molecule has 1 aromatic rings. The Morgan fingerprint density at radius 1 is 1.11 bits per heavy atom. The molecule has 0 heterocycles. The second kappa shape index (κ2) is 6.47. The topological polar surface area (TPSA) is 97.4 Å². The van der Waals surface area contributed by atoms with E-state index in [9.17, 15) is 0 Å². The van der Waals surface area contributed by atoms with Crippen molar-refractivity contribution in [3.05, 3.63) is 50.7 Å². The summed E-state index contributed by atoms with van der Waals surface area (Å²) in [4.78, 5) is 0. The van der Waals surface area contributed by atoms with Crippen LogP contribution < -0.4 is 5.73 Å². The third-order valence-electron chi connectivity index (χ3n) is 2.17. The lowest BCUT2D eigenvalue weighted by atomic mass is 10.1. The van der Waals surface area contributed by atoms with Crippen LogP contribution in [0, 0.1) is 34.0 Å². The molecule has 6 heteroatoms. The van der Waals surface area contributed by atoms with Crippen LogP contribution in [-0.2, 0) is 0 Å². The van der Waals surface area contributed by atoms with Crippen LogP contribution >= 0.6 is 23.2 Å². The zero-order valence-electron chi connectivity index (χ0n) is 9.48. The Bertz CT molecular complexity index is 681. The summed E-state index contributed by atoms with van der Waals surface area (Å²) in [5, 5.41) is 27.2. The van der Waals surface area contributed by atoms with E-state index in [4.69, 9.17) is 44.7 Å². The Kier molecular flexibility index (Phi) is 4.98. The van der Waals surface area contributed by atoms with Gasteiger partial charge >= 0.3 is 0 Å². The number of nitrogens with zero attached hydrogens (tertiary/aromatic N) is 3. The fourth-order valence-electron chi connectivity index (χ4n) is 1.22. The van der Waals surface area contributed by atoms with Gasteiger partial charge in [-0.2, -0.15) is 15.8 Å². The Morgan fingerprint density at radius 3 is 2.21 bits per heavy atom. The van der Waals surface area contributed by atoms with Gasteiger partial charge in [0.2, 0.25) is 0 Å². The molecule has 1 aromatic carbocycles. The van der Waals surface area contributed by atoms with E-state index in [1.54, 1.807) is 24.3 Å². The van der Waals surface area contributed by atoms with Gasteiger partial charge in [-0.05, 0) is 23.8 Å². The van der Waals surface area contributed by atoms with Crippen molar-refractivity contribution >= 4 is 29.3 Å². The molecule has 0 amide bonds. The predicted molar refractivity (Wildman–Crippen MR) is 72.5 cm³/mol. The number of rotatable bonds is 2. The molecule has 4 nitrogen and oxygen atoms in total. The fourth-order valence-corrected chi connectivity index (χ4v) is 1.69. The minimum absolute atomic E-state index is 0.0117. The van der Waals surface area contributed by atoms with Gasteiger partial charge in [0.15, 0.2) is 5.57 Å². The SMILES string of the molecule is N#CC(C#N)=C(N)/C(C#N)=C/c1ccc(Cl)cc1Cl. The highest BCUT2D eigenvalue weighted by Gasteiger charge is 2.09. The molecule has 0 aliphatic rings. The van der Waals surface area contributed by atoms with Gasteiger partial charge in [0, 0.05) is 10.0 Å². The third-order valence-corrected chi connectivity index (χ3v) is 2.73. The maximum Gasteiger partial charge on any atom is 0.153 e. The highest BCUT2D eigenvalue weighted by molar-refractivity contribution is 6.35. The van der Waals surface area contributed by atoms with Crippen molar-refractivity contribution in [2.45, 2.75) is 0 Å². The molecule has 1 rings (SSSR count). The number of hydrogen-bond acceptors (Lipinski definition) is 4. The van der Waals surface area contributed by atoms with E-state index in [1.165, 1.54) is 12.1 Å². The van der Waals surface area contributed by atoms with Gasteiger partial charge in [-0.15, -0.1) is 0 Å². The minimum atomic E-state index is -0.321. The lowest BCUT2D eigenvalue weighted by Gasteiger charge is -2.02. The normalized spacial score (nSPS) is 9.95. The van der Waals surface area contributed by atoms with Crippen molar-refractivity contribution in [3.8, 4) is 18.2 Å². The molecular formula is C13H6Cl2N4. The number of allylic oxidation sites excluding steroid dienone is 2. The lowest BCUT2D eigenvalue weighted by Crippen LogP contribution is -2.03. The van der Waals surface area contributed by atoms with Gasteiger partial charge in [0.1, 0.15) is 18.2 Å². The molecule has 0 saturated carbocycles. The Labute approximate surface area is 120 Å². The molecule has 19 heavy (non-hydrogen) atoms. The van der Waals surface area contributed by atoms with Gasteiger partial charge in [0.05, 0.1) is 11.3 Å². The van der Waals surface area contributed by atoms with Crippen LogP contribution in [-0.4, -0.2) is 0 Å². The molecule has 0 unspecified atom stereocenters. The van der Waals surface area contributed by atoms with E-state index in [0.29, 0.717) is 15.6 Å². The van der Waals surface area contributed by atoms with E-state index in [0.717, 1.165) is 0 Å². The smallest absolute Gasteiger partial charge is 0.153 e. The molecule has 92 valence electrons. The van der Waals surface area contributed by atoms with E-state index in [-0.39, 0.29) is 16.8 Å². The zero-order chi connectivity index (χ0) is 14.4. The molecule has 2 N–H and O–H groups in total. The first-order valence-electron chi connectivity index (χ1n) is 4.90. The summed E-state index contributed by atoms with van der Waals surface area (Å²) < 4.78 is 0. The molecule has 0 aliphatic heterocycles. The summed E-state index contributed by atoms with van der Waals surface area (Å²) >= 11 is 11.7. The summed E-state index contributed by atoms with van der Waals surface area (Å²) in [5.74, 6) is 0.